The summed E-state index contributed by atoms with van der Waals surface area (Å²) in [4.78, 5) is 11.8. The molecule has 0 aromatic carbocycles. The van der Waals surface area contributed by atoms with E-state index in [9.17, 15) is 9.90 Å². The largest absolute Gasteiger partial charge is 0.392 e. The normalized spacial score (nSPS) is 46.6. The Morgan fingerprint density at radius 3 is 2.43 bits per heavy atom. The minimum absolute atomic E-state index is 0.160. The van der Waals surface area contributed by atoms with Gasteiger partial charge in [-0.15, -0.1) is 0 Å². The maximum absolute atomic E-state index is 11.8. The summed E-state index contributed by atoms with van der Waals surface area (Å²) in [6.07, 6.45) is 15.7. The van der Waals surface area contributed by atoms with Gasteiger partial charge in [-0.1, -0.05) is 65.5 Å². The number of hydrogen-bond acceptors (Lipinski definition) is 2. The van der Waals surface area contributed by atoms with E-state index in [-0.39, 0.29) is 11.3 Å². The third kappa shape index (κ3) is 3.54. The lowest BCUT2D eigenvalue weighted by Crippen LogP contribution is -2.53. The Morgan fingerprint density at radius 1 is 1.03 bits per heavy atom. The summed E-state index contributed by atoms with van der Waals surface area (Å²) in [5.41, 5.74) is 2.44. The van der Waals surface area contributed by atoms with Crippen molar-refractivity contribution in [2.24, 2.45) is 52.3 Å². The zero-order valence-electron chi connectivity index (χ0n) is 20.2. The van der Waals surface area contributed by atoms with E-state index in [1.54, 1.807) is 5.57 Å². The van der Waals surface area contributed by atoms with Crippen molar-refractivity contribution >= 4 is 6.29 Å². The van der Waals surface area contributed by atoms with Gasteiger partial charge in [0.2, 0.25) is 0 Å². The van der Waals surface area contributed by atoms with Gasteiger partial charge < -0.3 is 9.90 Å². The molecule has 3 fully saturated rings. The number of carbonyl (C=O) groups is 1. The Kier molecular flexibility index (Phi) is 6.30. The van der Waals surface area contributed by atoms with Gasteiger partial charge in [0.15, 0.2) is 0 Å². The summed E-state index contributed by atoms with van der Waals surface area (Å²) in [7, 11) is 0. The van der Waals surface area contributed by atoms with Crippen LogP contribution >= 0.6 is 0 Å². The van der Waals surface area contributed by atoms with Gasteiger partial charge >= 0.3 is 0 Å². The molecular formula is C28H46O2. The van der Waals surface area contributed by atoms with Gasteiger partial charge in [0.1, 0.15) is 6.29 Å². The molecule has 2 heteroatoms. The van der Waals surface area contributed by atoms with Crippen molar-refractivity contribution in [1.82, 2.24) is 0 Å². The second-order valence-corrected chi connectivity index (χ2v) is 12.5. The Bertz CT molecular complexity index is 666. The lowest BCUT2D eigenvalue weighted by atomic mass is 9.46. The highest BCUT2D eigenvalue weighted by molar-refractivity contribution is 5.56. The molecule has 0 unspecified atom stereocenters. The number of carbonyl (C=O) groups excluding carboxylic acids is 1. The van der Waals surface area contributed by atoms with Crippen LogP contribution in [0.15, 0.2) is 11.6 Å². The molecule has 0 aliphatic heterocycles. The van der Waals surface area contributed by atoms with Gasteiger partial charge in [0.25, 0.3) is 0 Å². The summed E-state index contributed by atoms with van der Waals surface area (Å²) >= 11 is 0. The summed E-state index contributed by atoms with van der Waals surface area (Å²) in [5.74, 6) is 4.11. The van der Waals surface area contributed by atoms with Crippen molar-refractivity contribution in [2.45, 2.75) is 105 Å². The summed E-state index contributed by atoms with van der Waals surface area (Å²) in [6.45, 7) is 12.3. The van der Waals surface area contributed by atoms with Crippen LogP contribution in [0.3, 0.4) is 0 Å². The minimum atomic E-state index is -0.424. The molecule has 4 aliphatic carbocycles. The fourth-order valence-corrected chi connectivity index (χ4v) is 8.87. The first-order valence-electron chi connectivity index (χ1n) is 13.1. The second kappa shape index (κ2) is 8.38. The van der Waals surface area contributed by atoms with E-state index in [0.717, 1.165) is 49.2 Å². The first kappa shape index (κ1) is 22.6. The first-order chi connectivity index (χ1) is 14.2. The van der Waals surface area contributed by atoms with Crippen LogP contribution < -0.4 is 0 Å². The maximum Gasteiger partial charge on any atom is 0.125 e. The predicted octanol–water partition coefficient (Wildman–Crippen LogP) is 6.81. The number of allylic oxidation sites excluding steroid dienone is 2. The van der Waals surface area contributed by atoms with Crippen molar-refractivity contribution in [3.63, 3.8) is 0 Å². The van der Waals surface area contributed by atoms with Crippen molar-refractivity contribution < 1.29 is 9.90 Å². The van der Waals surface area contributed by atoms with Crippen LogP contribution in [0.2, 0.25) is 0 Å². The predicted molar refractivity (Wildman–Crippen MR) is 124 cm³/mol. The van der Waals surface area contributed by atoms with E-state index in [1.165, 1.54) is 44.9 Å². The van der Waals surface area contributed by atoms with Crippen LogP contribution in [0.1, 0.15) is 98.8 Å². The van der Waals surface area contributed by atoms with E-state index >= 15 is 0 Å². The Balaban J connectivity index is 1.53. The topological polar surface area (TPSA) is 37.3 Å². The van der Waals surface area contributed by atoms with Crippen LogP contribution in [0.25, 0.3) is 0 Å². The highest BCUT2D eigenvalue weighted by Crippen LogP contribution is 2.67. The zero-order valence-corrected chi connectivity index (χ0v) is 20.2. The second-order valence-electron chi connectivity index (χ2n) is 12.5. The van der Waals surface area contributed by atoms with E-state index in [4.69, 9.17) is 0 Å². The third-order valence-corrected chi connectivity index (χ3v) is 10.6. The number of aliphatic hydroxyl groups is 1. The molecule has 0 spiro atoms. The molecule has 1 N–H and O–H groups in total. The molecule has 0 bridgehead atoms. The monoisotopic (exact) mass is 414 g/mol. The SMILES string of the molecule is CC(C)CCC[C@@H](C)[C@H]1CC[C@H]2C3=CC[C@H]4[C@H](C=O)[C@@H](O)CC[C@]4(C)[C@H]3CC[C@]12C. The Morgan fingerprint density at radius 2 is 1.73 bits per heavy atom. The van der Waals surface area contributed by atoms with Gasteiger partial charge in [-0.05, 0) is 91.3 Å². The van der Waals surface area contributed by atoms with Crippen LogP contribution in [0.5, 0.6) is 0 Å². The van der Waals surface area contributed by atoms with Crippen LogP contribution in [-0.4, -0.2) is 17.5 Å². The van der Waals surface area contributed by atoms with E-state index in [1.807, 2.05) is 0 Å². The number of hydrogen-bond donors (Lipinski definition) is 1. The molecule has 0 aromatic heterocycles. The number of aldehydes is 1. The molecule has 0 aromatic rings. The average Bonchev–Trinajstić information content (AvgIpc) is 3.05. The zero-order chi connectivity index (χ0) is 21.7. The van der Waals surface area contributed by atoms with E-state index < -0.39 is 6.10 Å². The standard InChI is InChI=1S/C28H46O2/c1-18(2)7-6-8-19(3)22-11-12-23-20-9-10-24-21(17-29)26(30)14-16-28(24,5)25(20)13-15-27(22,23)4/h9,17-19,21-26,30H,6-8,10-16H2,1-5H3/t19-,21+,22-,23+,24+,25+,26+,27-,28+/m1/s1. The lowest BCUT2D eigenvalue weighted by molar-refractivity contribution is -0.129. The lowest BCUT2D eigenvalue weighted by Gasteiger charge is -2.59. The molecule has 4 aliphatic rings. The molecule has 0 heterocycles. The molecule has 2 nitrogen and oxygen atoms in total. The van der Waals surface area contributed by atoms with Crippen LogP contribution in [0.4, 0.5) is 0 Å². The van der Waals surface area contributed by atoms with E-state index in [0.29, 0.717) is 17.3 Å². The highest BCUT2D eigenvalue weighted by atomic mass is 16.3. The molecule has 3 saturated carbocycles. The van der Waals surface area contributed by atoms with Crippen molar-refractivity contribution in [3.05, 3.63) is 11.6 Å². The molecule has 170 valence electrons. The van der Waals surface area contributed by atoms with Gasteiger partial charge in [-0.25, -0.2) is 0 Å². The van der Waals surface area contributed by atoms with Crippen LogP contribution in [-0.2, 0) is 4.79 Å². The van der Waals surface area contributed by atoms with E-state index in [2.05, 4.69) is 40.7 Å². The smallest absolute Gasteiger partial charge is 0.125 e. The first-order valence-corrected chi connectivity index (χ1v) is 13.1. The molecule has 4 rings (SSSR count). The molecule has 0 amide bonds. The average molecular weight is 415 g/mol. The maximum atomic E-state index is 11.8. The van der Waals surface area contributed by atoms with Crippen LogP contribution in [0, 0.1) is 52.3 Å². The quantitative estimate of drug-likeness (QED) is 0.383. The van der Waals surface area contributed by atoms with Crippen molar-refractivity contribution in [3.8, 4) is 0 Å². The summed E-state index contributed by atoms with van der Waals surface area (Å²) in [5, 5.41) is 10.5. The third-order valence-electron chi connectivity index (χ3n) is 10.6. The number of fused-ring (bicyclic) bond motifs is 5. The van der Waals surface area contributed by atoms with Crippen molar-refractivity contribution in [2.75, 3.05) is 0 Å². The molecule has 9 atom stereocenters. The minimum Gasteiger partial charge on any atom is -0.392 e. The van der Waals surface area contributed by atoms with Gasteiger partial charge in [-0.2, -0.15) is 0 Å². The van der Waals surface area contributed by atoms with Gasteiger partial charge in [0, 0.05) is 5.92 Å². The summed E-state index contributed by atoms with van der Waals surface area (Å²) in [6, 6.07) is 0. The van der Waals surface area contributed by atoms with Gasteiger partial charge in [0.05, 0.1) is 6.10 Å². The number of rotatable bonds is 6. The Labute approximate surface area is 185 Å². The highest BCUT2D eigenvalue weighted by Gasteiger charge is 2.59. The van der Waals surface area contributed by atoms with Crippen molar-refractivity contribution in [1.29, 1.82) is 0 Å². The molecule has 0 radical (unpaired) electrons. The number of aliphatic hydroxyl groups excluding tert-OH is 1. The Hall–Kier alpha value is -0.630. The molecular weight excluding hydrogens is 368 g/mol. The molecule has 30 heavy (non-hydrogen) atoms. The summed E-state index contributed by atoms with van der Waals surface area (Å²) < 4.78 is 0. The molecule has 0 saturated heterocycles. The fourth-order valence-electron chi connectivity index (χ4n) is 8.87. The fraction of sp³-hybridized carbons (Fsp3) is 0.893. The van der Waals surface area contributed by atoms with Gasteiger partial charge in [-0.3, -0.25) is 0 Å².